The lowest BCUT2D eigenvalue weighted by Gasteiger charge is -2.15. The van der Waals surface area contributed by atoms with Crippen molar-refractivity contribution in [3.63, 3.8) is 0 Å². The van der Waals surface area contributed by atoms with E-state index in [4.69, 9.17) is 27.9 Å². The fraction of sp³-hybridized carbons (Fsp3) is 0.267. The van der Waals surface area contributed by atoms with Gasteiger partial charge in [-0.1, -0.05) is 23.2 Å². The zero-order valence-corrected chi connectivity index (χ0v) is 14.1. The molecule has 0 aliphatic carbocycles. The molecule has 6 heteroatoms. The van der Waals surface area contributed by atoms with Crippen molar-refractivity contribution < 1.29 is 9.53 Å². The lowest BCUT2D eigenvalue weighted by Crippen LogP contribution is -2.25. The fourth-order valence-corrected chi connectivity index (χ4v) is 3.36. The zero-order valence-electron chi connectivity index (χ0n) is 11.7. The summed E-state index contributed by atoms with van der Waals surface area (Å²) < 4.78 is 5.83. The number of methoxy groups -OCH3 is 1. The molecular weight excluding hydrogens is 329 g/mol. The van der Waals surface area contributed by atoms with E-state index >= 15 is 0 Å². The van der Waals surface area contributed by atoms with E-state index in [0.717, 1.165) is 9.21 Å². The summed E-state index contributed by atoms with van der Waals surface area (Å²) in [6.45, 7) is 1.01. The van der Waals surface area contributed by atoms with Gasteiger partial charge in [0.25, 0.3) is 0 Å². The molecule has 1 aromatic carbocycles. The first-order chi connectivity index (χ1) is 9.99. The Kier molecular flexibility index (Phi) is 5.65. The lowest BCUT2D eigenvalue weighted by atomic mass is 10.1. The number of carbonyl (C=O) groups excluding carboxylic acids is 1. The smallest absolute Gasteiger partial charge is 0.176 e. The van der Waals surface area contributed by atoms with Crippen molar-refractivity contribution in [2.45, 2.75) is 6.54 Å². The molecule has 0 spiro atoms. The topological polar surface area (TPSA) is 29.5 Å². The fourth-order valence-electron chi connectivity index (χ4n) is 1.93. The van der Waals surface area contributed by atoms with Crippen LogP contribution in [0.5, 0.6) is 5.75 Å². The molecule has 0 unspecified atom stereocenters. The Morgan fingerprint density at radius 3 is 2.62 bits per heavy atom. The molecule has 3 nitrogen and oxygen atoms in total. The van der Waals surface area contributed by atoms with Crippen molar-refractivity contribution in [1.29, 1.82) is 0 Å². The van der Waals surface area contributed by atoms with Crippen molar-refractivity contribution in [3.8, 4) is 5.75 Å². The third-order valence-corrected chi connectivity index (χ3v) is 4.45. The third-order valence-electron chi connectivity index (χ3n) is 2.94. The minimum atomic E-state index is 0.0182. The van der Waals surface area contributed by atoms with Gasteiger partial charge in [-0.25, -0.2) is 0 Å². The third kappa shape index (κ3) is 4.45. The second-order valence-electron chi connectivity index (χ2n) is 4.65. The number of rotatable bonds is 6. The molecule has 0 fully saturated rings. The van der Waals surface area contributed by atoms with Crippen LogP contribution in [0.25, 0.3) is 0 Å². The number of nitrogens with zero attached hydrogens (tertiary/aromatic N) is 1. The molecule has 21 heavy (non-hydrogen) atoms. The van der Waals surface area contributed by atoms with E-state index in [-0.39, 0.29) is 5.78 Å². The number of benzene rings is 1. The number of Topliss-reactive ketones (excluding diaryl/α,β-unsaturated/α-hetero) is 1. The zero-order chi connectivity index (χ0) is 15.4. The number of halogens is 2. The van der Waals surface area contributed by atoms with Crippen molar-refractivity contribution in [2.24, 2.45) is 0 Å². The van der Waals surface area contributed by atoms with Crippen molar-refractivity contribution in [2.75, 3.05) is 20.7 Å². The first-order valence-corrected chi connectivity index (χ1v) is 7.86. The lowest BCUT2D eigenvalue weighted by molar-refractivity contribution is 0.0943. The van der Waals surface area contributed by atoms with Crippen LogP contribution in [-0.4, -0.2) is 31.4 Å². The number of ether oxygens (including phenoxy) is 1. The number of likely N-dealkylation sites (N-methyl/N-ethyl adjacent to an activating group) is 1. The van der Waals surface area contributed by atoms with Crippen LogP contribution in [-0.2, 0) is 6.54 Å². The van der Waals surface area contributed by atoms with Crippen molar-refractivity contribution in [1.82, 2.24) is 4.90 Å². The second-order valence-corrected chi connectivity index (χ2v) is 6.86. The van der Waals surface area contributed by atoms with E-state index < -0.39 is 0 Å². The molecule has 0 N–H and O–H groups in total. The van der Waals surface area contributed by atoms with Crippen LogP contribution < -0.4 is 4.74 Å². The number of thiophene rings is 1. The second kappa shape index (κ2) is 7.27. The molecule has 2 aromatic rings. The molecule has 1 heterocycles. The highest BCUT2D eigenvalue weighted by Gasteiger charge is 2.12. The molecule has 0 radical (unpaired) electrons. The van der Waals surface area contributed by atoms with Crippen LogP contribution in [0.2, 0.25) is 9.36 Å². The summed E-state index contributed by atoms with van der Waals surface area (Å²) >= 11 is 13.5. The first-order valence-electron chi connectivity index (χ1n) is 6.29. The summed E-state index contributed by atoms with van der Waals surface area (Å²) in [7, 11) is 3.44. The van der Waals surface area contributed by atoms with Gasteiger partial charge < -0.3 is 4.74 Å². The van der Waals surface area contributed by atoms with Gasteiger partial charge in [0.2, 0.25) is 0 Å². The Balaban J connectivity index is 1.98. The van der Waals surface area contributed by atoms with Crippen LogP contribution in [0.15, 0.2) is 30.3 Å². The van der Waals surface area contributed by atoms with Crippen molar-refractivity contribution >= 4 is 40.3 Å². The van der Waals surface area contributed by atoms with E-state index in [9.17, 15) is 4.79 Å². The predicted molar refractivity (Wildman–Crippen MR) is 88.0 cm³/mol. The van der Waals surface area contributed by atoms with Gasteiger partial charge in [0, 0.05) is 17.0 Å². The maximum Gasteiger partial charge on any atom is 0.176 e. The van der Waals surface area contributed by atoms with E-state index in [0.29, 0.717) is 29.4 Å². The molecule has 0 bridgehead atoms. The van der Waals surface area contributed by atoms with Crippen LogP contribution in [0.3, 0.4) is 0 Å². The van der Waals surface area contributed by atoms with Gasteiger partial charge in [0.15, 0.2) is 5.78 Å². The largest absolute Gasteiger partial charge is 0.495 e. The molecule has 0 amide bonds. The monoisotopic (exact) mass is 343 g/mol. The Morgan fingerprint density at radius 2 is 2.05 bits per heavy atom. The van der Waals surface area contributed by atoms with Gasteiger partial charge in [0.05, 0.1) is 23.0 Å². The normalized spacial score (nSPS) is 10.9. The molecule has 0 saturated carbocycles. The molecule has 2 rings (SSSR count). The summed E-state index contributed by atoms with van der Waals surface area (Å²) in [5.41, 5.74) is 0.580. The average Bonchev–Trinajstić information content (AvgIpc) is 2.83. The molecule has 0 aliphatic rings. The molecule has 0 saturated heterocycles. The van der Waals surface area contributed by atoms with E-state index in [1.165, 1.54) is 11.3 Å². The Hall–Kier alpha value is -1.07. The summed E-state index contributed by atoms with van der Waals surface area (Å²) in [6, 6.07) is 8.90. The number of hydrogen-bond acceptors (Lipinski definition) is 4. The molecule has 112 valence electrons. The SMILES string of the molecule is COc1ccc(C(=O)CN(C)Cc2ccc(Cl)s2)cc1Cl. The van der Waals surface area contributed by atoms with Gasteiger partial charge in [-0.05, 0) is 37.4 Å². The highest BCUT2D eigenvalue weighted by atomic mass is 35.5. The summed E-state index contributed by atoms with van der Waals surface area (Å²) in [6.07, 6.45) is 0. The molecule has 0 aliphatic heterocycles. The highest BCUT2D eigenvalue weighted by Crippen LogP contribution is 2.25. The molecule has 1 aromatic heterocycles. The average molecular weight is 344 g/mol. The quantitative estimate of drug-likeness (QED) is 0.729. The van der Waals surface area contributed by atoms with Gasteiger partial charge in [0.1, 0.15) is 5.75 Å². The van der Waals surface area contributed by atoms with Gasteiger partial charge in [-0.3, -0.25) is 9.69 Å². The van der Waals surface area contributed by atoms with Crippen LogP contribution >= 0.6 is 34.5 Å². The number of ketones is 1. The summed E-state index contributed by atoms with van der Waals surface area (Å²) in [5.74, 6) is 0.583. The minimum Gasteiger partial charge on any atom is -0.495 e. The van der Waals surface area contributed by atoms with Gasteiger partial charge >= 0.3 is 0 Å². The van der Waals surface area contributed by atoms with Gasteiger partial charge in [-0.15, -0.1) is 11.3 Å². The predicted octanol–water partition coefficient (Wildman–Crippen LogP) is 4.38. The Morgan fingerprint density at radius 1 is 1.29 bits per heavy atom. The van der Waals surface area contributed by atoms with Crippen LogP contribution in [0, 0.1) is 0 Å². The number of carbonyl (C=O) groups is 1. The first kappa shape index (κ1) is 16.3. The maximum absolute atomic E-state index is 12.2. The standard InChI is InChI=1S/C15H15Cl2NO2S/c1-18(8-11-4-6-15(17)21-11)9-13(19)10-3-5-14(20-2)12(16)7-10/h3-7H,8-9H2,1-2H3. The Labute approximate surface area is 138 Å². The molecular formula is C15H15Cl2NO2S. The van der Waals surface area contributed by atoms with E-state index in [1.807, 2.05) is 24.1 Å². The molecule has 0 atom stereocenters. The van der Waals surface area contributed by atoms with Crippen LogP contribution in [0.4, 0.5) is 0 Å². The van der Waals surface area contributed by atoms with E-state index in [2.05, 4.69) is 0 Å². The van der Waals surface area contributed by atoms with Crippen molar-refractivity contribution in [3.05, 3.63) is 50.1 Å². The Bertz CT molecular complexity index is 642. The van der Waals surface area contributed by atoms with Gasteiger partial charge in [-0.2, -0.15) is 0 Å². The van der Waals surface area contributed by atoms with Crippen LogP contribution in [0.1, 0.15) is 15.2 Å². The minimum absolute atomic E-state index is 0.0182. The maximum atomic E-state index is 12.2. The summed E-state index contributed by atoms with van der Waals surface area (Å²) in [5, 5.41) is 0.441. The highest BCUT2D eigenvalue weighted by molar-refractivity contribution is 7.16. The number of hydrogen-bond donors (Lipinski definition) is 0. The van der Waals surface area contributed by atoms with E-state index in [1.54, 1.807) is 25.3 Å². The summed E-state index contributed by atoms with van der Waals surface area (Å²) in [4.78, 5) is 15.3.